The predicted octanol–water partition coefficient (Wildman–Crippen LogP) is 2.93. The van der Waals surface area contributed by atoms with Crippen molar-refractivity contribution in [2.45, 2.75) is 6.92 Å². The smallest absolute Gasteiger partial charge is 0.146 e. The fraction of sp³-hybridized carbons (Fsp3) is 0.100. The van der Waals surface area contributed by atoms with E-state index in [1.165, 1.54) is 0 Å². The molecule has 0 aliphatic rings. The van der Waals surface area contributed by atoms with Gasteiger partial charge < -0.3 is 0 Å². The largest absolute Gasteiger partial charge is 0.298 e. The van der Waals surface area contributed by atoms with Crippen molar-refractivity contribution in [3.63, 3.8) is 0 Å². The fourth-order valence-corrected chi connectivity index (χ4v) is 1.06. The minimum absolute atomic E-state index is 0.378. The third kappa shape index (κ3) is 2.21. The van der Waals surface area contributed by atoms with Crippen LogP contribution in [0.3, 0.4) is 0 Å². The average Bonchev–Trinajstić information content (AvgIpc) is 2.26. The van der Waals surface area contributed by atoms with E-state index in [0.29, 0.717) is 17.6 Å². The van der Waals surface area contributed by atoms with Gasteiger partial charge in [-0.1, -0.05) is 35.4 Å². The number of carbonyl (C=O) groups is 1. The summed E-state index contributed by atoms with van der Waals surface area (Å²) in [4.78, 5) is 13.2. The SMILES string of the molecule is C/C(C=O)=C(/N=[N+]=[N-])c1ccccc1. The lowest BCUT2D eigenvalue weighted by atomic mass is 10.1. The van der Waals surface area contributed by atoms with Gasteiger partial charge >= 0.3 is 0 Å². The first-order chi connectivity index (χ1) is 6.79. The minimum atomic E-state index is 0.378. The van der Waals surface area contributed by atoms with Crippen LogP contribution in [-0.2, 0) is 4.79 Å². The highest BCUT2D eigenvalue weighted by molar-refractivity contribution is 5.86. The molecule has 0 fully saturated rings. The van der Waals surface area contributed by atoms with Crippen molar-refractivity contribution in [2.75, 3.05) is 0 Å². The molecule has 1 aromatic carbocycles. The van der Waals surface area contributed by atoms with Gasteiger partial charge in [0.15, 0.2) is 0 Å². The topological polar surface area (TPSA) is 65.8 Å². The summed E-state index contributed by atoms with van der Waals surface area (Å²) in [6.45, 7) is 1.62. The van der Waals surface area contributed by atoms with Gasteiger partial charge in [-0.3, -0.25) is 4.79 Å². The lowest BCUT2D eigenvalue weighted by molar-refractivity contribution is -0.104. The second-order valence-electron chi connectivity index (χ2n) is 2.70. The van der Waals surface area contributed by atoms with E-state index in [-0.39, 0.29) is 0 Å². The van der Waals surface area contributed by atoms with Gasteiger partial charge in [-0.05, 0) is 23.6 Å². The zero-order chi connectivity index (χ0) is 10.4. The Bertz CT molecular complexity index is 403. The molecule has 0 atom stereocenters. The van der Waals surface area contributed by atoms with Gasteiger partial charge in [0.1, 0.15) is 6.29 Å². The Balaban J connectivity index is 3.27. The van der Waals surface area contributed by atoms with Gasteiger partial charge in [-0.15, -0.1) is 0 Å². The number of benzene rings is 1. The van der Waals surface area contributed by atoms with Crippen molar-refractivity contribution >= 4 is 12.0 Å². The third-order valence-corrected chi connectivity index (χ3v) is 1.74. The molecule has 0 radical (unpaired) electrons. The van der Waals surface area contributed by atoms with Gasteiger partial charge in [0.05, 0.1) is 5.70 Å². The van der Waals surface area contributed by atoms with Crippen LogP contribution in [0.15, 0.2) is 41.0 Å². The van der Waals surface area contributed by atoms with Crippen LogP contribution in [-0.4, -0.2) is 6.29 Å². The van der Waals surface area contributed by atoms with Crippen molar-refractivity contribution in [3.05, 3.63) is 51.9 Å². The van der Waals surface area contributed by atoms with Crippen molar-refractivity contribution in [2.24, 2.45) is 5.11 Å². The first-order valence-corrected chi connectivity index (χ1v) is 4.06. The van der Waals surface area contributed by atoms with Crippen LogP contribution in [0, 0.1) is 0 Å². The highest BCUT2D eigenvalue weighted by atomic mass is 16.1. The summed E-state index contributed by atoms with van der Waals surface area (Å²) in [5.74, 6) is 0. The summed E-state index contributed by atoms with van der Waals surface area (Å²) in [6, 6.07) is 9.07. The number of carbonyl (C=O) groups excluding carboxylic acids is 1. The maximum Gasteiger partial charge on any atom is 0.146 e. The van der Waals surface area contributed by atoms with Crippen molar-refractivity contribution in [1.29, 1.82) is 0 Å². The fourth-order valence-electron chi connectivity index (χ4n) is 1.06. The first-order valence-electron chi connectivity index (χ1n) is 4.06. The van der Waals surface area contributed by atoms with Crippen LogP contribution in [0.2, 0.25) is 0 Å². The summed E-state index contributed by atoms with van der Waals surface area (Å²) >= 11 is 0. The van der Waals surface area contributed by atoms with Crippen LogP contribution < -0.4 is 0 Å². The lowest BCUT2D eigenvalue weighted by Crippen LogP contribution is -1.86. The zero-order valence-electron chi connectivity index (χ0n) is 7.71. The molecule has 1 rings (SSSR count). The Morgan fingerprint density at radius 1 is 1.43 bits per heavy atom. The molecule has 4 heteroatoms. The van der Waals surface area contributed by atoms with E-state index >= 15 is 0 Å². The molecular formula is C10H9N3O. The molecule has 0 unspecified atom stereocenters. The van der Waals surface area contributed by atoms with Crippen molar-refractivity contribution in [1.82, 2.24) is 0 Å². The molecule has 70 valence electrons. The first kappa shape index (κ1) is 10.0. The average molecular weight is 187 g/mol. The second-order valence-corrected chi connectivity index (χ2v) is 2.70. The van der Waals surface area contributed by atoms with E-state index in [1.54, 1.807) is 19.1 Å². The van der Waals surface area contributed by atoms with E-state index in [1.807, 2.05) is 18.2 Å². The molecule has 0 amide bonds. The highest BCUT2D eigenvalue weighted by Gasteiger charge is 2.01. The molecule has 14 heavy (non-hydrogen) atoms. The van der Waals surface area contributed by atoms with Crippen LogP contribution in [0.4, 0.5) is 0 Å². The van der Waals surface area contributed by atoms with Crippen molar-refractivity contribution < 1.29 is 4.79 Å². The Morgan fingerprint density at radius 2 is 2.07 bits per heavy atom. The molecule has 0 spiro atoms. The molecule has 0 aromatic heterocycles. The summed E-state index contributed by atoms with van der Waals surface area (Å²) < 4.78 is 0. The molecule has 0 saturated heterocycles. The molecule has 0 bridgehead atoms. The van der Waals surface area contributed by atoms with Crippen LogP contribution in [0.5, 0.6) is 0 Å². The molecule has 0 saturated carbocycles. The van der Waals surface area contributed by atoms with Crippen LogP contribution in [0.25, 0.3) is 16.1 Å². The van der Waals surface area contributed by atoms with Crippen LogP contribution >= 0.6 is 0 Å². The summed E-state index contributed by atoms with van der Waals surface area (Å²) in [7, 11) is 0. The monoisotopic (exact) mass is 187 g/mol. The van der Waals surface area contributed by atoms with Crippen LogP contribution in [0.1, 0.15) is 12.5 Å². The molecule has 1 aromatic rings. The van der Waals surface area contributed by atoms with Gasteiger partial charge in [0.25, 0.3) is 0 Å². The quantitative estimate of drug-likeness (QED) is 0.236. The molecular weight excluding hydrogens is 178 g/mol. The standard InChI is InChI=1S/C10H9N3O/c1-8(7-14)10(12-13-11)9-5-3-2-4-6-9/h2-7H,1H3/b10-8-. The van der Waals surface area contributed by atoms with E-state index in [2.05, 4.69) is 10.0 Å². The number of nitrogens with zero attached hydrogens (tertiary/aromatic N) is 3. The maximum atomic E-state index is 10.6. The Labute approximate surface area is 81.5 Å². The Hall–Kier alpha value is -2.06. The Morgan fingerprint density at radius 3 is 2.57 bits per heavy atom. The summed E-state index contributed by atoms with van der Waals surface area (Å²) in [5.41, 5.74) is 9.90. The normalized spacial score (nSPS) is 11.2. The minimum Gasteiger partial charge on any atom is -0.298 e. The zero-order valence-corrected chi connectivity index (χ0v) is 7.71. The number of aldehydes is 1. The summed E-state index contributed by atoms with van der Waals surface area (Å²) in [6.07, 6.45) is 0.678. The second kappa shape index (κ2) is 4.84. The molecule has 0 N–H and O–H groups in total. The molecule has 4 nitrogen and oxygen atoms in total. The third-order valence-electron chi connectivity index (χ3n) is 1.74. The molecule has 0 heterocycles. The van der Waals surface area contributed by atoms with Gasteiger partial charge in [0, 0.05) is 4.91 Å². The van der Waals surface area contributed by atoms with Crippen molar-refractivity contribution in [3.8, 4) is 0 Å². The maximum absolute atomic E-state index is 10.6. The highest BCUT2D eigenvalue weighted by Crippen LogP contribution is 2.18. The van der Waals surface area contributed by atoms with E-state index in [9.17, 15) is 4.79 Å². The Kier molecular flexibility index (Phi) is 3.47. The predicted molar refractivity (Wildman–Crippen MR) is 54.2 cm³/mol. The lowest BCUT2D eigenvalue weighted by Gasteiger charge is -2.01. The van der Waals surface area contributed by atoms with E-state index in [4.69, 9.17) is 5.53 Å². The number of allylic oxidation sites excluding steroid dienone is 1. The number of hydrogen-bond acceptors (Lipinski definition) is 2. The molecule has 0 aliphatic carbocycles. The number of azide groups is 1. The van der Waals surface area contributed by atoms with E-state index in [0.717, 1.165) is 5.56 Å². The number of rotatable bonds is 3. The summed E-state index contributed by atoms with van der Waals surface area (Å²) in [5, 5.41) is 3.49. The number of hydrogen-bond donors (Lipinski definition) is 0. The van der Waals surface area contributed by atoms with Gasteiger partial charge in [-0.2, -0.15) is 0 Å². The molecule has 0 aliphatic heterocycles. The van der Waals surface area contributed by atoms with E-state index < -0.39 is 0 Å². The van der Waals surface area contributed by atoms with Gasteiger partial charge in [0.2, 0.25) is 0 Å². The van der Waals surface area contributed by atoms with Gasteiger partial charge in [-0.25, -0.2) is 0 Å².